The van der Waals surface area contributed by atoms with E-state index in [1.807, 2.05) is 0 Å². The molecule has 3 N–H and O–H groups in total. The average Bonchev–Trinajstić information content (AvgIpc) is 2.56. The third kappa shape index (κ3) is 1.65. The highest BCUT2D eigenvalue weighted by Gasteiger charge is 2.19. The summed E-state index contributed by atoms with van der Waals surface area (Å²) in [6.07, 6.45) is 1.01. The Morgan fingerprint density at radius 2 is 2.31 bits per heavy atom. The monoisotopic (exact) mass is 180 g/mol. The highest BCUT2D eigenvalue weighted by molar-refractivity contribution is 5.41. The summed E-state index contributed by atoms with van der Waals surface area (Å²) in [6, 6.07) is 4.95. The fraction of sp³-hybridized carbons (Fsp3) is 0.400. The van der Waals surface area contributed by atoms with Crippen molar-refractivity contribution in [1.82, 2.24) is 5.32 Å². The lowest BCUT2D eigenvalue weighted by molar-refractivity contribution is 0.589. The van der Waals surface area contributed by atoms with Crippen molar-refractivity contribution >= 4 is 5.69 Å². The van der Waals surface area contributed by atoms with Crippen LogP contribution in [0, 0.1) is 5.82 Å². The van der Waals surface area contributed by atoms with Gasteiger partial charge in [-0.2, -0.15) is 0 Å². The van der Waals surface area contributed by atoms with E-state index in [1.54, 1.807) is 12.1 Å². The van der Waals surface area contributed by atoms with Crippen molar-refractivity contribution in [3.63, 3.8) is 0 Å². The maximum Gasteiger partial charge on any atom is 0.128 e. The Bertz CT molecular complexity index is 306. The van der Waals surface area contributed by atoms with Gasteiger partial charge >= 0.3 is 0 Å². The maximum absolute atomic E-state index is 13.4. The summed E-state index contributed by atoms with van der Waals surface area (Å²) in [5.74, 6) is 0.147. The smallest absolute Gasteiger partial charge is 0.128 e. The standard InChI is InChI=1S/C10H13FN2/c11-10-5-8(12)1-2-9(10)7-3-4-13-6-7/h1-2,5,7,13H,3-4,6,12H2/t7-/m1/s1. The first-order valence-electron chi connectivity index (χ1n) is 4.53. The van der Waals surface area contributed by atoms with E-state index in [1.165, 1.54) is 6.07 Å². The summed E-state index contributed by atoms with van der Waals surface area (Å²) in [6.45, 7) is 1.86. The number of hydrogen-bond donors (Lipinski definition) is 2. The first-order chi connectivity index (χ1) is 6.27. The van der Waals surface area contributed by atoms with Crippen molar-refractivity contribution in [3.8, 4) is 0 Å². The number of anilines is 1. The molecule has 1 heterocycles. The highest BCUT2D eigenvalue weighted by atomic mass is 19.1. The molecule has 0 radical (unpaired) electrons. The molecule has 13 heavy (non-hydrogen) atoms. The molecule has 70 valence electrons. The van der Waals surface area contributed by atoms with Crippen molar-refractivity contribution < 1.29 is 4.39 Å². The number of benzene rings is 1. The van der Waals surface area contributed by atoms with Gasteiger partial charge in [-0.1, -0.05) is 6.07 Å². The molecule has 0 aliphatic carbocycles. The van der Waals surface area contributed by atoms with Crippen LogP contribution in [0.2, 0.25) is 0 Å². The molecule has 1 aromatic carbocycles. The van der Waals surface area contributed by atoms with Crippen LogP contribution in [0.4, 0.5) is 10.1 Å². The lowest BCUT2D eigenvalue weighted by Gasteiger charge is -2.09. The molecule has 1 saturated heterocycles. The molecular formula is C10H13FN2. The van der Waals surface area contributed by atoms with Gasteiger partial charge in [-0.05, 0) is 30.7 Å². The number of halogens is 1. The zero-order valence-electron chi connectivity index (χ0n) is 7.39. The Labute approximate surface area is 76.9 Å². The number of rotatable bonds is 1. The van der Waals surface area contributed by atoms with Crippen LogP contribution in [0.5, 0.6) is 0 Å². The molecule has 1 fully saturated rings. The minimum absolute atomic E-state index is 0.172. The van der Waals surface area contributed by atoms with Crippen LogP contribution in [0.25, 0.3) is 0 Å². The van der Waals surface area contributed by atoms with Gasteiger partial charge in [-0.3, -0.25) is 0 Å². The van der Waals surface area contributed by atoms with Crippen LogP contribution >= 0.6 is 0 Å². The van der Waals surface area contributed by atoms with Gasteiger partial charge in [-0.25, -0.2) is 4.39 Å². The van der Waals surface area contributed by atoms with Crippen molar-refractivity contribution in [1.29, 1.82) is 0 Å². The minimum atomic E-state index is -0.172. The average molecular weight is 180 g/mol. The molecule has 1 aliphatic rings. The summed E-state index contributed by atoms with van der Waals surface area (Å²) in [4.78, 5) is 0. The molecule has 0 amide bonds. The third-order valence-corrected chi connectivity index (χ3v) is 2.52. The second-order valence-electron chi connectivity index (χ2n) is 3.47. The number of nitrogen functional groups attached to an aromatic ring is 1. The Kier molecular flexibility index (Phi) is 2.19. The Morgan fingerprint density at radius 1 is 1.46 bits per heavy atom. The molecular weight excluding hydrogens is 167 g/mol. The predicted octanol–water partition coefficient (Wildman–Crippen LogP) is 1.48. The third-order valence-electron chi connectivity index (χ3n) is 2.52. The van der Waals surface area contributed by atoms with E-state index >= 15 is 0 Å². The molecule has 0 aromatic heterocycles. The normalized spacial score (nSPS) is 22.1. The molecule has 0 saturated carbocycles. The van der Waals surface area contributed by atoms with E-state index in [2.05, 4.69) is 5.32 Å². The van der Waals surface area contributed by atoms with Gasteiger partial charge in [0.1, 0.15) is 5.82 Å². The summed E-state index contributed by atoms with van der Waals surface area (Å²) in [5, 5.41) is 3.21. The van der Waals surface area contributed by atoms with Crippen LogP contribution in [0.15, 0.2) is 18.2 Å². The number of hydrogen-bond acceptors (Lipinski definition) is 2. The minimum Gasteiger partial charge on any atom is -0.399 e. The summed E-state index contributed by atoms with van der Waals surface area (Å²) in [5.41, 5.74) is 6.75. The van der Waals surface area contributed by atoms with E-state index < -0.39 is 0 Å². The molecule has 1 aromatic rings. The fourth-order valence-corrected chi connectivity index (χ4v) is 1.79. The van der Waals surface area contributed by atoms with Crippen molar-refractivity contribution in [2.75, 3.05) is 18.8 Å². The van der Waals surface area contributed by atoms with Crippen LogP contribution in [0.1, 0.15) is 17.9 Å². The summed E-state index contributed by atoms with van der Waals surface area (Å²) in [7, 11) is 0. The van der Waals surface area contributed by atoms with Crippen LogP contribution in [-0.4, -0.2) is 13.1 Å². The van der Waals surface area contributed by atoms with Gasteiger partial charge in [-0.15, -0.1) is 0 Å². The van der Waals surface area contributed by atoms with E-state index in [0.29, 0.717) is 11.6 Å². The lowest BCUT2D eigenvalue weighted by Crippen LogP contribution is -2.09. The van der Waals surface area contributed by atoms with Gasteiger partial charge in [0.2, 0.25) is 0 Å². The molecule has 1 aliphatic heterocycles. The van der Waals surface area contributed by atoms with Crippen LogP contribution < -0.4 is 11.1 Å². The molecule has 0 spiro atoms. The summed E-state index contributed by atoms with van der Waals surface area (Å²) >= 11 is 0. The largest absolute Gasteiger partial charge is 0.399 e. The Balaban J connectivity index is 2.29. The molecule has 2 nitrogen and oxygen atoms in total. The first-order valence-corrected chi connectivity index (χ1v) is 4.53. The van der Waals surface area contributed by atoms with Crippen LogP contribution in [-0.2, 0) is 0 Å². The molecule has 3 heteroatoms. The molecule has 2 rings (SSSR count). The Morgan fingerprint density at radius 3 is 2.92 bits per heavy atom. The second kappa shape index (κ2) is 3.34. The van der Waals surface area contributed by atoms with Crippen LogP contribution in [0.3, 0.4) is 0 Å². The topological polar surface area (TPSA) is 38.0 Å². The second-order valence-corrected chi connectivity index (χ2v) is 3.47. The van der Waals surface area contributed by atoms with E-state index in [0.717, 1.165) is 25.1 Å². The van der Waals surface area contributed by atoms with Gasteiger partial charge < -0.3 is 11.1 Å². The Hall–Kier alpha value is -1.09. The fourth-order valence-electron chi connectivity index (χ4n) is 1.79. The van der Waals surface area contributed by atoms with E-state index in [4.69, 9.17) is 5.73 Å². The zero-order chi connectivity index (χ0) is 9.26. The number of nitrogens with two attached hydrogens (primary N) is 1. The summed E-state index contributed by atoms with van der Waals surface area (Å²) < 4.78 is 13.4. The molecule has 0 bridgehead atoms. The maximum atomic E-state index is 13.4. The van der Waals surface area contributed by atoms with Crippen molar-refractivity contribution in [3.05, 3.63) is 29.6 Å². The van der Waals surface area contributed by atoms with E-state index in [-0.39, 0.29) is 5.82 Å². The SMILES string of the molecule is Nc1ccc([C@@H]2CCNC2)c(F)c1. The zero-order valence-corrected chi connectivity index (χ0v) is 7.39. The first kappa shape index (κ1) is 8.51. The van der Waals surface area contributed by atoms with Gasteiger partial charge in [0.05, 0.1) is 0 Å². The number of nitrogens with one attached hydrogen (secondary N) is 1. The predicted molar refractivity (Wildman–Crippen MR) is 51.0 cm³/mol. The van der Waals surface area contributed by atoms with Gasteiger partial charge in [0, 0.05) is 18.2 Å². The molecule has 1 atom stereocenters. The van der Waals surface area contributed by atoms with Gasteiger partial charge in [0.25, 0.3) is 0 Å². The quantitative estimate of drug-likeness (QED) is 0.642. The van der Waals surface area contributed by atoms with E-state index in [9.17, 15) is 4.39 Å². The van der Waals surface area contributed by atoms with Crippen molar-refractivity contribution in [2.24, 2.45) is 0 Å². The lowest BCUT2D eigenvalue weighted by atomic mass is 9.98. The molecule has 0 unspecified atom stereocenters. The highest BCUT2D eigenvalue weighted by Crippen LogP contribution is 2.25. The van der Waals surface area contributed by atoms with Crippen molar-refractivity contribution in [2.45, 2.75) is 12.3 Å². The van der Waals surface area contributed by atoms with Gasteiger partial charge in [0.15, 0.2) is 0 Å².